The van der Waals surface area contributed by atoms with Crippen molar-refractivity contribution < 1.29 is 4.74 Å². The first-order chi connectivity index (χ1) is 9.20. The number of nitrogens with two attached hydrogens (primary N) is 1. The molecule has 0 aromatic carbocycles. The van der Waals surface area contributed by atoms with Crippen LogP contribution in [0, 0.1) is 0 Å². The first kappa shape index (κ1) is 14.4. The van der Waals surface area contributed by atoms with E-state index in [9.17, 15) is 0 Å². The Labute approximate surface area is 114 Å². The SMILES string of the molecule is CC(C)n1ncnc1CC(CCC1CCCO1)NN. The van der Waals surface area contributed by atoms with Gasteiger partial charge in [-0.3, -0.25) is 11.3 Å². The fourth-order valence-corrected chi connectivity index (χ4v) is 2.58. The smallest absolute Gasteiger partial charge is 0.138 e. The lowest BCUT2D eigenvalue weighted by atomic mass is 10.0. The third-order valence-electron chi connectivity index (χ3n) is 3.66. The molecule has 1 saturated heterocycles. The average Bonchev–Trinajstić information content (AvgIpc) is 3.05. The summed E-state index contributed by atoms with van der Waals surface area (Å²) < 4.78 is 7.60. The summed E-state index contributed by atoms with van der Waals surface area (Å²) in [5.74, 6) is 6.64. The average molecular weight is 267 g/mol. The zero-order chi connectivity index (χ0) is 13.7. The van der Waals surface area contributed by atoms with E-state index in [1.807, 2.05) is 4.68 Å². The predicted molar refractivity (Wildman–Crippen MR) is 73.4 cm³/mol. The van der Waals surface area contributed by atoms with Gasteiger partial charge in [0, 0.05) is 25.1 Å². The van der Waals surface area contributed by atoms with Crippen molar-refractivity contribution in [3.63, 3.8) is 0 Å². The lowest BCUT2D eigenvalue weighted by molar-refractivity contribution is 0.0994. The first-order valence-electron chi connectivity index (χ1n) is 7.16. The topological polar surface area (TPSA) is 78.0 Å². The van der Waals surface area contributed by atoms with Gasteiger partial charge in [0.15, 0.2) is 0 Å². The number of ether oxygens (including phenoxy) is 1. The van der Waals surface area contributed by atoms with Crippen molar-refractivity contribution in [2.45, 2.75) is 64.1 Å². The molecule has 0 bridgehead atoms. The molecule has 2 heterocycles. The van der Waals surface area contributed by atoms with E-state index in [0.29, 0.717) is 12.1 Å². The van der Waals surface area contributed by atoms with Gasteiger partial charge in [0.2, 0.25) is 0 Å². The van der Waals surface area contributed by atoms with E-state index >= 15 is 0 Å². The molecule has 19 heavy (non-hydrogen) atoms. The van der Waals surface area contributed by atoms with Gasteiger partial charge in [-0.1, -0.05) is 0 Å². The monoisotopic (exact) mass is 267 g/mol. The van der Waals surface area contributed by atoms with Gasteiger partial charge in [-0.05, 0) is 39.5 Å². The zero-order valence-electron chi connectivity index (χ0n) is 11.9. The molecule has 1 aromatic rings. The van der Waals surface area contributed by atoms with Crippen molar-refractivity contribution in [2.24, 2.45) is 5.84 Å². The van der Waals surface area contributed by atoms with Gasteiger partial charge in [-0.25, -0.2) is 9.67 Å². The molecule has 108 valence electrons. The second kappa shape index (κ2) is 6.98. The van der Waals surface area contributed by atoms with Crippen molar-refractivity contribution in [1.29, 1.82) is 0 Å². The number of rotatable bonds is 7. The molecule has 0 spiro atoms. The molecule has 1 aliphatic rings. The molecular formula is C13H25N5O. The molecule has 0 saturated carbocycles. The van der Waals surface area contributed by atoms with Crippen molar-refractivity contribution in [2.75, 3.05) is 6.61 Å². The summed E-state index contributed by atoms with van der Waals surface area (Å²) in [4.78, 5) is 4.33. The molecular weight excluding hydrogens is 242 g/mol. The lowest BCUT2D eigenvalue weighted by Gasteiger charge is -2.18. The van der Waals surface area contributed by atoms with E-state index < -0.39 is 0 Å². The van der Waals surface area contributed by atoms with Gasteiger partial charge in [0.25, 0.3) is 0 Å². The van der Waals surface area contributed by atoms with E-state index in [2.05, 4.69) is 29.4 Å². The molecule has 6 nitrogen and oxygen atoms in total. The van der Waals surface area contributed by atoms with Crippen LogP contribution in [0.5, 0.6) is 0 Å². The highest BCUT2D eigenvalue weighted by Crippen LogP contribution is 2.18. The van der Waals surface area contributed by atoms with E-state index in [1.165, 1.54) is 12.8 Å². The number of hydrazine groups is 1. The molecule has 2 unspecified atom stereocenters. The number of nitrogens with zero attached hydrogens (tertiary/aromatic N) is 3. The maximum Gasteiger partial charge on any atom is 0.138 e. The van der Waals surface area contributed by atoms with Crippen molar-refractivity contribution in [3.05, 3.63) is 12.2 Å². The third-order valence-corrected chi connectivity index (χ3v) is 3.66. The Hall–Kier alpha value is -0.980. The summed E-state index contributed by atoms with van der Waals surface area (Å²) in [6.07, 6.45) is 7.27. The Kier molecular flexibility index (Phi) is 5.30. The van der Waals surface area contributed by atoms with Gasteiger partial charge in [0.1, 0.15) is 12.2 Å². The summed E-state index contributed by atoms with van der Waals surface area (Å²) in [7, 11) is 0. The molecule has 0 aliphatic carbocycles. The van der Waals surface area contributed by atoms with Crippen LogP contribution in [0.15, 0.2) is 6.33 Å². The van der Waals surface area contributed by atoms with Gasteiger partial charge in [-0.2, -0.15) is 5.10 Å². The number of nitrogens with one attached hydrogen (secondary N) is 1. The van der Waals surface area contributed by atoms with Gasteiger partial charge in [0.05, 0.1) is 6.10 Å². The van der Waals surface area contributed by atoms with Gasteiger partial charge in [-0.15, -0.1) is 0 Å². The number of hydrogen-bond acceptors (Lipinski definition) is 5. The molecule has 6 heteroatoms. The molecule has 3 N–H and O–H groups in total. The summed E-state index contributed by atoms with van der Waals surface area (Å²) in [6.45, 7) is 5.12. The van der Waals surface area contributed by atoms with Crippen molar-refractivity contribution in [1.82, 2.24) is 20.2 Å². The maximum atomic E-state index is 5.65. The largest absolute Gasteiger partial charge is 0.378 e. The first-order valence-corrected chi connectivity index (χ1v) is 7.16. The van der Waals surface area contributed by atoms with Crippen LogP contribution < -0.4 is 11.3 Å². The summed E-state index contributed by atoms with van der Waals surface area (Å²) in [5.41, 5.74) is 2.89. The van der Waals surface area contributed by atoms with Crippen LogP contribution in [0.1, 0.15) is 51.4 Å². The minimum absolute atomic E-state index is 0.228. The Balaban J connectivity index is 1.85. The predicted octanol–water partition coefficient (Wildman–Crippen LogP) is 1.19. The summed E-state index contributed by atoms with van der Waals surface area (Å²) in [6, 6.07) is 0.556. The molecule has 1 fully saturated rings. The fraction of sp³-hybridized carbons (Fsp3) is 0.846. The van der Waals surface area contributed by atoms with Crippen LogP contribution in [-0.2, 0) is 11.2 Å². The quantitative estimate of drug-likeness (QED) is 0.573. The molecule has 1 aromatic heterocycles. The summed E-state index contributed by atoms with van der Waals surface area (Å²) in [5, 5.41) is 4.25. The second-order valence-corrected chi connectivity index (χ2v) is 5.49. The molecule has 2 atom stereocenters. The fourth-order valence-electron chi connectivity index (χ4n) is 2.58. The minimum atomic E-state index is 0.228. The van der Waals surface area contributed by atoms with Crippen molar-refractivity contribution in [3.8, 4) is 0 Å². The standard InChI is InChI=1S/C13H25N5O/c1-10(2)18-13(15-9-16-18)8-11(17-14)5-6-12-4-3-7-19-12/h9-12,17H,3-8,14H2,1-2H3. The normalized spacial score (nSPS) is 21.2. The highest BCUT2D eigenvalue weighted by Gasteiger charge is 2.19. The highest BCUT2D eigenvalue weighted by atomic mass is 16.5. The Bertz CT molecular complexity index is 373. The molecule has 2 rings (SSSR count). The second-order valence-electron chi connectivity index (χ2n) is 5.49. The molecule has 0 amide bonds. The maximum absolute atomic E-state index is 5.65. The van der Waals surface area contributed by atoms with Crippen LogP contribution in [-0.4, -0.2) is 33.5 Å². The van der Waals surface area contributed by atoms with Crippen LogP contribution in [0.3, 0.4) is 0 Å². The van der Waals surface area contributed by atoms with E-state index in [-0.39, 0.29) is 6.04 Å². The Morgan fingerprint density at radius 2 is 2.42 bits per heavy atom. The number of hydrogen-bond donors (Lipinski definition) is 2. The van der Waals surface area contributed by atoms with Gasteiger partial charge >= 0.3 is 0 Å². The number of aromatic nitrogens is 3. The highest BCUT2D eigenvalue weighted by molar-refractivity contribution is 4.91. The third kappa shape index (κ3) is 3.99. The van der Waals surface area contributed by atoms with Crippen LogP contribution in [0.25, 0.3) is 0 Å². The lowest BCUT2D eigenvalue weighted by Crippen LogP contribution is -2.38. The van der Waals surface area contributed by atoms with E-state index in [0.717, 1.165) is 31.7 Å². The zero-order valence-corrected chi connectivity index (χ0v) is 11.9. The van der Waals surface area contributed by atoms with Gasteiger partial charge < -0.3 is 4.74 Å². The van der Waals surface area contributed by atoms with Crippen LogP contribution >= 0.6 is 0 Å². The minimum Gasteiger partial charge on any atom is -0.378 e. The van der Waals surface area contributed by atoms with Crippen molar-refractivity contribution >= 4 is 0 Å². The van der Waals surface area contributed by atoms with Crippen LogP contribution in [0.4, 0.5) is 0 Å². The Morgan fingerprint density at radius 1 is 1.58 bits per heavy atom. The van der Waals surface area contributed by atoms with Crippen LogP contribution in [0.2, 0.25) is 0 Å². The molecule has 1 aliphatic heterocycles. The molecule has 0 radical (unpaired) electrons. The summed E-state index contributed by atoms with van der Waals surface area (Å²) >= 11 is 0. The Morgan fingerprint density at radius 3 is 3.05 bits per heavy atom. The van der Waals surface area contributed by atoms with E-state index in [1.54, 1.807) is 6.33 Å². The van der Waals surface area contributed by atoms with E-state index in [4.69, 9.17) is 10.6 Å².